The zero-order valence-electron chi connectivity index (χ0n) is 15.2. The van der Waals surface area contributed by atoms with Crippen molar-refractivity contribution in [1.82, 2.24) is 5.32 Å². The molecule has 2 aliphatic rings. The molecule has 1 aliphatic carbocycles. The minimum Gasteiger partial charge on any atom is -0.464 e. The van der Waals surface area contributed by atoms with Crippen LogP contribution in [-0.2, 0) is 15.1 Å². The lowest BCUT2D eigenvalue weighted by Gasteiger charge is -2.36. The standard InChI is InChI=1S/C24H21NO2/c1-16-15-27-23(26)22(16)25-24(17-9-3-2-4-10-17)20-13-7-5-11-18(20)19-12-6-8-14-21(19)24/h2-14,16,22,25H,15H2,1H3. The van der Waals surface area contributed by atoms with Gasteiger partial charge >= 0.3 is 5.97 Å². The van der Waals surface area contributed by atoms with E-state index >= 15 is 0 Å². The number of esters is 1. The van der Waals surface area contributed by atoms with Gasteiger partial charge in [0.15, 0.2) is 0 Å². The molecule has 0 amide bonds. The van der Waals surface area contributed by atoms with Crippen molar-refractivity contribution in [3.05, 3.63) is 95.6 Å². The van der Waals surface area contributed by atoms with E-state index in [9.17, 15) is 4.79 Å². The molecule has 0 bridgehead atoms. The van der Waals surface area contributed by atoms with Crippen LogP contribution in [0, 0.1) is 5.92 Å². The summed E-state index contributed by atoms with van der Waals surface area (Å²) in [5, 5.41) is 3.74. The van der Waals surface area contributed by atoms with Crippen molar-refractivity contribution in [3.8, 4) is 11.1 Å². The molecule has 0 spiro atoms. The average Bonchev–Trinajstić information content (AvgIpc) is 3.19. The molecular formula is C24H21NO2. The van der Waals surface area contributed by atoms with E-state index in [1.54, 1.807) is 0 Å². The minimum atomic E-state index is -0.573. The van der Waals surface area contributed by atoms with E-state index in [0.29, 0.717) is 6.61 Å². The van der Waals surface area contributed by atoms with Crippen molar-refractivity contribution in [2.24, 2.45) is 5.92 Å². The number of nitrogens with one attached hydrogen (secondary N) is 1. The maximum Gasteiger partial charge on any atom is 0.323 e. The van der Waals surface area contributed by atoms with E-state index in [-0.39, 0.29) is 17.9 Å². The van der Waals surface area contributed by atoms with Crippen LogP contribution >= 0.6 is 0 Å². The number of fused-ring (bicyclic) bond motifs is 3. The van der Waals surface area contributed by atoms with Gasteiger partial charge < -0.3 is 4.74 Å². The maximum atomic E-state index is 12.5. The largest absolute Gasteiger partial charge is 0.464 e. The summed E-state index contributed by atoms with van der Waals surface area (Å²) in [6.07, 6.45) is 0. The zero-order valence-corrected chi connectivity index (χ0v) is 15.2. The van der Waals surface area contributed by atoms with E-state index in [2.05, 4.69) is 85.0 Å². The molecule has 134 valence electrons. The molecule has 1 heterocycles. The third-order valence-electron chi connectivity index (χ3n) is 5.84. The number of carbonyl (C=O) groups excluding carboxylic acids is 1. The fourth-order valence-corrected chi connectivity index (χ4v) is 4.54. The Bertz CT molecular complexity index is 966. The van der Waals surface area contributed by atoms with Crippen molar-refractivity contribution in [1.29, 1.82) is 0 Å². The first kappa shape index (κ1) is 16.3. The molecule has 3 aromatic rings. The van der Waals surface area contributed by atoms with Crippen molar-refractivity contribution in [3.63, 3.8) is 0 Å². The molecule has 2 unspecified atom stereocenters. The lowest BCUT2D eigenvalue weighted by molar-refractivity contribution is -0.140. The molecule has 1 aliphatic heterocycles. The minimum absolute atomic E-state index is 0.123. The third kappa shape index (κ3) is 2.28. The van der Waals surface area contributed by atoms with Crippen LogP contribution < -0.4 is 5.32 Å². The molecule has 27 heavy (non-hydrogen) atoms. The highest BCUT2D eigenvalue weighted by atomic mass is 16.5. The SMILES string of the molecule is CC1COC(=O)C1NC1(c2ccccc2)c2ccccc2-c2ccccc21. The van der Waals surface area contributed by atoms with Crippen LogP contribution in [0.4, 0.5) is 0 Å². The molecule has 3 heteroatoms. The molecule has 1 saturated heterocycles. The van der Waals surface area contributed by atoms with Gasteiger partial charge in [-0.25, -0.2) is 0 Å². The molecular weight excluding hydrogens is 334 g/mol. The van der Waals surface area contributed by atoms with Gasteiger partial charge in [-0.3, -0.25) is 10.1 Å². The Balaban J connectivity index is 1.80. The maximum absolute atomic E-state index is 12.5. The summed E-state index contributed by atoms with van der Waals surface area (Å²) in [5.74, 6) is -0.0438. The molecule has 3 aromatic carbocycles. The predicted octanol–water partition coefficient (Wildman–Crippen LogP) is 4.11. The van der Waals surface area contributed by atoms with Gasteiger partial charge in [0.05, 0.1) is 12.1 Å². The Morgan fingerprint density at radius 1 is 0.852 bits per heavy atom. The average molecular weight is 355 g/mol. The first-order chi connectivity index (χ1) is 13.2. The van der Waals surface area contributed by atoms with Gasteiger partial charge in [0.25, 0.3) is 0 Å². The molecule has 3 nitrogen and oxygen atoms in total. The van der Waals surface area contributed by atoms with Crippen molar-refractivity contribution in [2.75, 3.05) is 6.61 Å². The summed E-state index contributed by atoms with van der Waals surface area (Å²) < 4.78 is 5.34. The summed E-state index contributed by atoms with van der Waals surface area (Å²) in [6, 6.07) is 27.0. The highest BCUT2D eigenvalue weighted by Gasteiger charge is 2.48. The molecule has 1 N–H and O–H groups in total. The fraction of sp³-hybridized carbons (Fsp3) is 0.208. The Kier molecular flexibility index (Phi) is 3.66. The summed E-state index contributed by atoms with van der Waals surface area (Å²) >= 11 is 0. The van der Waals surface area contributed by atoms with Gasteiger partial charge in [-0.15, -0.1) is 0 Å². The lowest BCUT2D eigenvalue weighted by atomic mass is 9.79. The van der Waals surface area contributed by atoms with Crippen molar-refractivity contribution in [2.45, 2.75) is 18.5 Å². The smallest absolute Gasteiger partial charge is 0.323 e. The second-order valence-corrected chi connectivity index (χ2v) is 7.44. The van der Waals surface area contributed by atoms with E-state index < -0.39 is 5.54 Å². The molecule has 0 saturated carbocycles. The number of hydrogen-bond donors (Lipinski definition) is 1. The lowest BCUT2D eigenvalue weighted by Crippen LogP contribution is -2.52. The van der Waals surface area contributed by atoms with Gasteiger partial charge in [-0.2, -0.15) is 0 Å². The first-order valence-electron chi connectivity index (χ1n) is 9.41. The summed E-state index contributed by atoms with van der Waals surface area (Å²) in [6.45, 7) is 2.53. The topological polar surface area (TPSA) is 38.3 Å². The van der Waals surface area contributed by atoms with Crippen molar-refractivity contribution >= 4 is 5.97 Å². The van der Waals surface area contributed by atoms with Crippen LogP contribution in [0.5, 0.6) is 0 Å². The van der Waals surface area contributed by atoms with Gasteiger partial charge in [0.2, 0.25) is 0 Å². The second kappa shape index (κ2) is 6.07. The van der Waals surface area contributed by atoms with Gasteiger partial charge in [0, 0.05) is 5.92 Å². The summed E-state index contributed by atoms with van der Waals surface area (Å²) in [7, 11) is 0. The van der Waals surface area contributed by atoms with Crippen LogP contribution in [0.15, 0.2) is 78.9 Å². The van der Waals surface area contributed by atoms with Crippen LogP contribution in [-0.4, -0.2) is 18.6 Å². The first-order valence-corrected chi connectivity index (χ1v) is 9.41. The Morgan fingerprint density at radius 3 is 1.96 bits per heavy atom. The van der Waals surface area contributed by atoms with E-state index in [1.165, 1.54) is 22.3 Å². The Hall–Kier alpha value is -2.91. The van der Waals surface area contributed by atoms with Crippen molar-refractivity contribution < 1.29 is 9.53 Å². The molecule has 0 radical (unpaired) electrons. The van der Waals surface area contributed by atoms with E-state index in [0.717, 1.165) is 5.56 Å². The highest BCUT2D eigenvalue weighted by molar-refractivity contribution is 5.84. The fourth-order valence-electron chi connectivity index (χ4n) is 4.54. The van der Waals surface area contributed by atoms with Gasteiger partial charge in [0.1, 0.15) is 6.04 Å². The highest BCUT2D eigenvalue weighted by Crippen LogP contribution is 2.51. The number of cyclic esters (lactones) is 1. The molecule has 5 rings (SSSR count). The Morgan fingerprint density at radius 2 is 1.41 bits per heavy atom. The summed E-state index contributed by atoms with van der Waals surface area (Å²) in [5.41, 5.74) is 5.35. The quantitative estimate of drug-likeness (QED) is 0.719. The number of hydrogen-bond acceptors (Lipinski definition) is 3. The monoisotopic (exact) mass is 355 g/mol. The molecule has 0 aromatic heterocycles. The zero-order chi connectivity index (χ0) is 18.4. The number of rotatable bonds is 3. The number of carbonyl (C=O) groups is 1. The molecule has 2 atom stereocenters. The van der Waals surface area contributed by atoms with Gasteiger partial charge in [-0.1, -0.05) is 85.8 Å². The van der Waals surface area contributed by atoms with Crippen LogP contribution in [0.3, 0.4) is 0 Å². The number of ether oxygens (including phenoxy) is 1. The van der Waals surface area contributed by atoms with Crippen LogP contribution in [0.2, 0.25) is 0 Å². The van der Waals surface area contributed by atoms with Crippen LogP contribution in [0.1, 0.15) is 23.6 Å². The third-order valence-corrected chi connectivity index (χ3v) is 5.84. The molecule has 1 fully saturated rings. The summed E-state index contributed by atoms with van der Waals surface area (Å²) in [4.78, 5) is 12.5. The normalized spacial score (nSPS) is 22.2. The van der Waals surface area contributed by atoms with Gasteiger partial charge in [-0.05, 0) is 27.8 Å². The second-order valence-electron chi connectivity index (χ2n) is 7.44. The Labute approximate surface area is 159 Å². The van der Waals surface area contributed by atoms with Crippen LogP contribution in [0.25, 0.3) is 11.1 Å². The predicted molar refractivity (Wildman–Crippen MR) is 105 cm³/mol. The van der Waals surface area contributed by atoms with E-state index in [4.69, 9.17) is 4.74 Å². The number of benzene rings is 3. The van der Waals surface area contributed by atoms with E-state index in [1.807, 2.05) is 6.07 Å².